The second-order valence-electron chi connectivity index (χ2n) is 3.22. The normalized spacial score (nSPS) is 11.2. The standard InChI is InChI=1S/C6H16O3SSi.C3H8O/c1-7-11(8-2,9-3)6-4-5-10;1-3(2)4/h10H,4-6H2,1-3H3;3-4H,1-2H3. The summed E-state index contributed by atoms with van der Waals surface area (Å²) in [6, 6.07) is 0.833. The van der Waals surface area contributed by atoms with E-state index in [0.29, 0.717) is 0 Å². The summed E-state index contributed by atoms with van der Waals surface area (Å²) in [6.07, 6.45) is 0.796. The first-order valence-corrected chi connectivity index (χ1v) is 7.48. The van der Waals surface area contributed by atoms with E-state index in [4.69, 9.17) is 18.4 Å². The fourth-order valence-electron chi connectivity index (χ4n) is 0.852. The van der Waals surface area contributed by atoms with Crippen molar-refractivity contribution < 1.29 is 18.4 Å². The highest BCUT2D eigenvalue weighted by Gasteiger charge is 2.36. The van der Waals surface area contributed by atoms with Crippen molar-refractivity contribution in [1.82, 2.24) is 0 Å². The second-order valence-corrected chi connectivity index (χ2v) is 6.75. The van der Waals surface area contributed by atoms with Crippen LogP contribution in [0.4, 0.5) is 0 Å². The molecule has 0 radical (unpaired) electrons. The summed E-state index contributed by atoms with van der Waals surface area (Å²) >= 11 is 4.10. The molecule has 0 saturated heterocycles. The monoisotopic (exact) mass is 256 g/mol. The highest BCUT2D eigenvalue weighted by molar-refractivity contribution is 7.80. The van der Waals surface area contributed by atoms with E-state index in [1.54, 1.807) is 35.2 Å². The van der Waals surface area contributed by atoms with Crippen LogP contribution in [0.3, 0.4) is 0 Å². The molecule has 0 bridgehead atoms. The van der Waals surface area contributed by atoms with Crippen molar-refractivity contribution in [3.63, 3.8) is 0 Å². The Bertz CT molecular complexity index is 120. The van der Waals surface area contributed by atoms with Crippen LogP contribution >= 0.6 is 12.6 Å². The van der Waals surface area contributed by atoms with E-state index in [0.717, 1.165) is 18.2 Å². The van der Waals surface area contributed by atoms with E-state index < -0.39 is 8.80 Å². The van der Waals surface area contributed by atoms with Crippen LogP contribution in [0.1, 0.15) is 20.3 Å². The van der Waals surface area contributed by atoms with E-state index in [-0.39, 0.29) is 6.10 Å². The zero-order valence-corrected chi connectivity index (χ0v) is 12.2. The van der Waals surface area contributed by atoms with Gasteiger partial charge in [-0.25, -0.2) is 0 Å². The lowest BCUT2D eigenvalue weighted by atomic mass is 10.5. The van der Waals surface area contributed by atoms with Crippen LogP contribution in [0.25, 0.3) is 0 Å². The van der Waals surface area contributed by atoms with E-state index >= 15 is 0 Å². The quantitative estimate of drug-likeness (QED) is 0.559. The Balaban J connectivity index is 0. The van der Waals surface area contributed by atoms with Crippen LogP contribution in [0.2, 0.25) is 6.04 Å². The predicted octanol–water partition coefficient (Wildman–Crippen LogP) is 1.57. The smallest absolute Gasteiger partial charge is 0.394 e. The lowest BCUT2D eigenvalue weighted by Gasteiger charge is -2.23. The van der Waals surface area contributed by atoms with E-state index in [1.807, 2.05) is 0 Å². The molecule has 0 rings (SSSR count). The number of rotatable bonds is 6. The molecule has 15 heavy (non-hydrogen) atoms. The van der Waals surface area contributed by atoms with Gasteiger partial charge in [-0.3, -0.25) is 0 Å². The molecule has 6 heteroatoms. The van der Waals surface area contributed by atoms with E-state index in [9.17, 15) is 0 Å². The molecule has 0 amide bonds. The summed E-state index contributed by atoms with van der Waals surface area (Å²) in [6.45, 7) is 3.44. The summed E-state index contributed by atoms with van der Waals surface area (Å²) in [7, 11) is 2.58. The molecule has 0 unspecified atom stereocenters. The Morgan fingerprint density at radius 2 is 1.47 bits per heavy atom. The third-order valence-electron chi connectivity index (χ3n) is 1.57. The molecule has 0 spiro atoms. The minimum Gasteiger partial charge on any atom is -0.394 e. The zero-order valence-electron chi connectivity index (χ0n) is 10.3. The summed E-state index contributed by atoms with van der Waals surface area (Å²) in [5.41, 5.74) is 0. The fraction of sp³-hybridized carbons (Fsp3) is 1.00. The van der Waals surface area contributed by atoms with Gasteiger partial charge in [-0.15, -0.1) is 0 Å². The van der Waals surface area contributed by atoms with Crippen molar-refractivity contribution >= 4 is 21.4 Å². The average Bonchev–Trinajstić information content (AvgIpc) is 2.20. The number of thiol groups is 1. The molecule has 0 aliphatic carbocycles. The van der Waals surface area contributed by atoms with Crippen LogP contribution in [0.15, 0.2) is 0 Å². The van der Waals surface area contributed by atoms with Crippen molar-refractivity contribution in [2.24, 2.45) is 0 Å². The van der Waals surface area contributed by atoms with Crippen molar-refractivity contribution in [3.05, 3.63) is 0 Å². The van der Waals surface area contributed by atoms with Crippen molar-refractivity contribution in [2.45, 2.75) is 32.4 Å². The zero-order chi connectivity index (χ0) is 12.3. The van der Waals surface area contributed by atoms with Gasteiger partial charge in [-0.05, 0) is 26.0 Å². The lowest BCUT2D eigenvalue weighted by molar-refractivity contribution is 0.123. The number of hydrogen-bond donors (Lipinski definition) is 2. The van der Waals surface area contributed by atoms with E-state index in [1.165, 1.54) is 0 Å². The largest absolute Gasteiger partial charge is 0.500 e. The van der Waals surface area contributed by atoms with Crippen molar-refractivity contribution in [2.75, 3.05) is 27.1 Å². The molecule has 4 nitrogen and oxygen atoms in total. The highest BCUT2D eigenvalue weighted by Crippen LogP contribution is 2.14. The highest BCUT2D eigenvalue weighted by atomic mass is 32.1. The summed E-state index contributed by atoms with van der Waals surface area (Å²) in [5.74, 6) is 0.838. The molecule has 1 N–H and O–H groups in total. The van der Waals surface area contributed by atoms with Crippen LogP contribution in [0, 0.1) is 0 Å². The number of aliphatic hydroxyl groups is 1. The Kier molecular flexibility index (Phi) is 12.9. The maximum Gasteiger partial charge on any atom is 0.500 e. The first-order chi connectivity index (χ1) is 6.97. The van der Waals surface area contributed by atoms with Gasteiger partial charge in [-0.1, -0.05) is 0 Å². The minimum atomic E-state index is -2.29. The summed E-state index contributed by atoms with van der Waals surface area (Å²) in [4.78, 5) is 0. The predicted molar refractivity (Wildman–Crippen MR) is 67.4 cm³/mol. The molecule has 0 heterocycles. The van der Waals surface area contributed by atoms with Gasteiger partial charge in [0.15, 0.2) is 0 Å². The first kappa shape index (κ1) is 17.8. The molecule has 0 aromatic heterocycles. The van der Waals surface area contributed by atoms with E-state index in [2.05, 4.69) is 12.6 Å². The van der Waals surface area contributed by atoms with Gasteiger partial charge >= 0.3 is 8.80 Å². The Morgan fingerprint density at radius 1 is 1.13 bits per heavy atom. The molecule has 0 aromatic rings. The van der Waals surface area contributed by atoms with Gasteiger partial charge in [0.25, 0.3) is 0 Å². The van der Waals surface area contributed by atoms with Crippen LogP contribution in [-0.2, 0) is 13.3 Å². The van der Waals surface area contributed by atoms with Gasteiger partial charge < -0.3 is 18.4 Å². The lowest BCUT2D eigenvalue weighted by Crippen LogP contribution is -2.42. The maximum absolute atomic E-state index is 8.06. The maximum atomic E-state index is 8.06. The fourth-order valence-corrected chi connectivity index (χ4v) is 3.03. The number of hydrogen-bond acceptors (Lipinski definition) is 5. The third-order valence-corrected chi connectivity index (χ3v) is 4.72. The molecule has 94 valence electrons. The molecule has 0 saturated carbocycles. The molecular formula is C9H24O4SSi. The van der Waals surface area contributed by atoms with Gasteiger partial charge in [-0.2, -0.15) is 12.6 Å². The summed E-state index contributed by atoms with van der Waals surface area (Å²) in [5, 5.41) is 8.06. The third kappa shape index (κ3) is 10.7. The number of aliphatic hydroxyl groups excluding tert-OH is 1. The van der Waals surface area contributed by atoms with Crippen LogP contribution in [-0.4, -0.2) is 47.1 Å². The van der Waals surface area contributed by atoms with Crippen molar-refractivity contribution in [1.29, 1.82) is 0 Å². The topological polar surface area (TPSA) is 47.9 Å². The minimum absolute atomic E-state index is 0.167. The van der Waals surface area contributed by atoms with Gasteiger partial charge in [0.2, 0.25) is 0 Å². The van der Waals surface area contributed by atoms with Crippen molar-refractivity contribution in [3.8, 4) is 0 Å². The van der Waals surface area contributed by atoms with Gasteiger partial charge in [0.1, 0.15) is 0 Å². The molecule has 0 fully saturated rings. The van der Waals surface area contributed by atoms with Gasteiger partial charge in [0, 0.05) is 33.5 Å². The average molecular weight is 256 g/mol. The SMILES string of the molecule is CC(C)O.CO[Si](CCCS)(OC)OC. The van der Waals surface area contributed by atoms with Crippen LogP contribution in [0.5, 0.6) is 0 Å². The second kappa shape index (κ2) is 10.9. The Labute approximate surface area is 99.7 Å². The Morgan fingerprint density at radius 3 is 1.67 bits per heavy atom. The van der Waals surface area contributed by atoms with Gasteiger partial charge in [0.05, 0.1) is 0 Å². The molecule has 0 aliphatic heterocycles. The molecule has 0 atom stereocenters. The molecule has 0 aromatic carbocycles. The molecular weight excluding hydrogens is 232 g/mol. The first-order valence-electron chi connectivity index (χ1n) is 4.92. The summed E-state index contributed by atoms with van der Waals surface area (Å²) < 4.78 is 15.6. The Hall–Kier alpha value is 0.407. The molecule has 0 aliphatic rings. The van der Waals surface area contributed by atoms with Crippen LogP contribution < -0.4 is 0 Å².